The maximum absolute atomic E-state index is 12.8. The van der Waals surface area contributed by atoms with Crippen molar-refractivity contribution >= 4 is 15.7 Å². The van der Waals surface area contributed by atoms with Gasteiger partial charge in [0.25, 0.3) is 10.0 Å². The van der Waals surface area contributed by atoms with E-state index in [9.17, 15) is 8.42 Å². The van der Waals surface area contributed by atoms with Crippen LogP contribution in [0.1, 0.15) is 24.5 Å². The molecule has 3 aromatic rings. The minimum atomic E-state index is -3.64. The van der Waals surface area contributed by atoms with Crippen LogP contribution in [0.3, 0.4) is 0 Å². The summed E-state index contributed by atoms with van der Waals surface area (Å²) in [6, 6.07) is 20.0. The van der Waals surface area contributed by atoms with Crippen LogP contribution in [0, 0.1) is 0 Å². The van der Waals surface area contributed by atoms with E-state index in [1.54, 1.807) is 18.2 Å². The first kappa shape index (κ1) is 23.9. The number of hydrogen-bond acceptors (Lipinski definition) is 6. The van der Waals surface area contributed by atoms with E-state index in [1.807, 2.05) is 48.5 Å². The molecule has 0 spiro atoms. The molecule has 0 saturated heterocycles. The van der Waals surface area contributed by atoms with Gasteiger partial charge in [0.15, 0.2) is 11.5 Å². The first-order chi connectivity index (χ1) is 16.5. The fourth-order valence-electron chi connectivity index (χ4n) is 3.71. The van der Waals surface area contributed by atoms with Gasteiger partial charge in [0, 0.05) is 18.8 Å². The molecule has 180 valence electrons. The largest absolute Gasteiger partial charge is 0.488 e. The number of hydrogen-bond donors (Lipinski definition) is 2. The molecule has 7 nitrogen and oxygen atoms in total. The third kappa shape index (κ3) is 6.21. The molecule has 1 aliphatic heterocycles. The van der Waals surface area contributed by atoms with Crippen LogP contribution in [0.15, 0.2) is 71.6 Å². The molecule has 1 aliphatic rings. The summed E-state index contributed by atoms with van der Waals surface area (Å²) in [4.78, 5) is 0.255. The number of rotatable bonds is 11. The zero-order valence-electron chi connectivity index (χ0n) is 19.3. The Bertz CT molecular complexity index is 1200. The van der Waals surface area contributed by atoms with Crippen LogP contribution in [-0.2, 0) is 23.0 Å². The maximum Gasteiger partial charge on any atom is 0.261 e. The molecule has 0 atom stereocenters. The molecule has 8 heteroatoms. The first-order valence-electron chi connectivity index (χ1n) is 11.5. The normalized spacial score (nSPS) is 12.9. The highest BCUT2D eigenvalue weighted by atomic mass is 32.2. The molecule has 0 aromatic heterocycles. The second-order valence-electron chi connectivity index (χ2n) is 8.01. The summed E-state index contributed by atoms with van der Waals surface area (Å²) in [5.41, 5.74) is 2.63. The van der Waals surface area contributed by atoms with Crippen molar-refractivity contribution in [3.8, 4) is 17.2 Å². The minimum absolute atomic E-state index is 0.255. The van der Waals surface area contributed by atoms with Crippen LogP contribution in [0.25, 0.3) is 0 Å². The summed E-state index contributed by atoms with van der Waals surface area (Å²) < 4.78 is 45.3. The van der Waals surface area contributed by atoms with Crippen LogP contribution < -0.4 is 24.2 Å². The molecular weight excluding hydrogens is 452 g/mol. The van der Waals surface area contributed by atoms with E-state index < -0.39 is 10.0 Å². The highest BCUT2D eigenvalue weighted by Crippen LogP contribution is 2.38. The van der Waals surface area contributed by atoms with Gasteiger partial charge in [-0.25, -0.2) is 8.42 Å². The van der Waals surface area contributed by atoms with E-state index in [1.165, 1.54) is 0 Å². The van der Waals surface area contributed by atoms with Crippen molar-refractivity contribution < 1.29 is 22.6 Å². The average molecular weight is 483 g/mol. The quantitative estimate of drug-likeness (QED) is 0.395. The van der Waals surface area contributed by atoms with Gasteiger partial charge < -0.3 is 19.5 Å². The number of sulfonamides is 1. The van der Waals surface area contributed by atoms with Crippen LogP contribution in [-0.4, -0.2) is 34.8 Å². The fraction of sp³-hybridized carbons (Fsp3) is 0.308. The van der Waals surface area contributed by atoms with Crippen molar-refractivity contribution in [3.05, 3.63) is 77.9 Å². The predicted octanol–water partition coefficient (Wildman–Crippen LogP) is 4.38. The van der Waals surface area contributed by atoms with Gasteiger partial charge in [-0.2, -0.15) is 0 Å². The third-order valence-electron chi connectivity index (χ3n) is 5.35. The molecule has 1 heterocycles. The first-order valence-corrected chi connectivity index (χ1v) is 13.0. The van der Waals surface area contributed by atoms with Crippen molar-refractivity contribution in [1.29, 1.82) is 0 Å². The van der Waals surface area contributed by atoms with Gasteiger partial charge in [0.2, 0.25) is 5.75 Å². The Labute approximate surface area is 201 Å². The summed E-state index contributed by atoms with van der Waals surface area (Å²) in [6.45, 7) is 4.80. The number of para-hydroxylation sites is 1. The van der Waals surface area contributed by atoms with Crippen LogP contribution in [0.4, 0.5) is 5.69 Å². The summed E-state index contributed by atoms with van der Waals surface area (Å²) >= 11 is 0. The lowest BCUT2D eigenvalue weighted by molar-refractivity contribution is 0.162. The Hall–Kier alpha value is -3.23. The van der Waals surface area contributed by atoms with Gasteiger partial charge in [-0.3, -0.25) is 4.72 Å². The molecule has 0 bridgehead atoms. The molecule has 0 aliphatic carbocycles. The molecule has 34 heavy (non-hydrogen) atoms. The van der Waals surface area contributed by atoms with Gasteiger partial charge in [-0.1, -0.05) is 43.7 Å². The Kier molecular flexibility index (Phi) is 7.92. The lowest BCUT2D eigenvalue weighted by atomic mass is 10.1. The Morgan fingerprint density at radius 3 is 2.56 bits per heavy atom. The molecule has 3 aromatic carbocycles. The molecule has 0 saturated carbocycles. The fourth-order valence-corrected chi connectivity index (χ4v) is 4.76. The zero-order chi connectivity index (χ0) is 23.8. The average Bonchev–Trinajstić information content (AvgIpc) is 2.84. The summed E-state index contributed by atoms with van der Waals surface area (Å²) in [6.07, 6.45) is 1.96. The van der Waals surface area contributed by atoms with Crippen molar-refractivity contribution in [1.82, 2.24) is 5.32 Å². The van der Waals surface area contributed by atoms with Crippen molar-refractivity contribution in [2.45, 2.75) is 31.2 Å². The second-order valence-corrected chi connectivity index (χ2v) is 9.69. The highest BCUT2D eigenvalue weighted by molar-refractivity contribution is 7.92. The topological polar surface area (TPSA) is 85.9 Å². The van der Waals surface area contributed by atoms with Gasteiger partial charge in [-0.05, 0) is 53.9 Å². The van der Waals surface area contributed by atoms with Crippen LogP contribution >= 0.6 is 0 Å². The predicted molar refractivity (Wildman–Crippen MR) is 132 cm³/mol. The molecule has 0 radical (unpaired) electrons. The molecule has 0 amide bonds. The van der Waals surface area contributed by atoms with E-state index in [2.05, 4.69) is 17.0 Å². The number of benzene rings is 3. The Balaban J connectivity index is 1.27. The summed E-state index contributed by atoms with van der Waals surface area (Å²) in [7, 11) is -3.64. The molecule has 4 rings (SSSR count). The molecule has 0 fully saturated rings. The van der Waals surface area contributed by atoms with Gasteiger partial charge in [-0.15, -0.1) is 0 Å². The number of anilines is 1. The molecule has 0 unspecified atom stereocenters. The summed E-state index contributed by atoms with van der Waals surface area (Å²) in [5.74, 6) is 2.01. The molecule has 2 N–H and O–H groups in total. The maximum atomic E-state index is 12.8. The van der Waals surface area contributed by atoms with E-state index in [-0.39, 0.29) is 4.90 Å². The van der Waals surface area contributed by atoms with Gasteiger partial charge >= 0.3 is 0 Å². The monoisotopic (exact) mass is 482 g/mol. The zero-order valence-corrected chi connectivity index (χ0v) is 20.1. The van der Waals surface area contributed by atoms with Crippen molar-refractivity contribution in [2.75, 3.05) is 31.1 Å². The lowest BCUT2D eigenvalue weighted by Crippen LogP contribution is -2.21. The number of ether oxygens (including phenoxy) is 3. The number of nitrogens with one attached hydrogen (secondary N) is 2. The van der Waals surface area contributed by atoms with E-state index in [0.717, 1.165) is 24.0 Å². The van der Waals surface area contributed by atoms with E-state index >= 15 is 0 Å². The number of fused-ring (bicyclic) bond motifs is 1. The highest BCUT2D eigenvalue weighted by Gasteiger charge is 2.17. The standard InChI is InChI=1S/C26H30N2O5S/c1-2-5-20-10-12-23(13-11-20)34(29,30)28-22-7-3-6-21(18-22)19-27-14-15-31-24-8-4-9-25-26(24)33-17-16-32-25/h3-4,6-13,18,27-28H,2,5,14-17,19H2,1H3. The lowest BCUT2D eigenvalue weighted by Gasteiger charge is -2.20. The van der Waals surface area contributed by atoms with E-state index in [0.29, 0.717) is 55.8 Å². The smallest absolute Gasteiger partial charge is 0.261 e. The Morgan fingerprint density at radius 1 is 0.941 bits per heavy atom. The Morgan fingerprint density at radius 2 is 1.74 bits per heavy atom. The van der Waals surface area contributed by atoms with Crippen LogP contribution in [0.5, 0.6) is 17.2 Å². The number of aryl methyl sites for hydroxylation is 1. The van der Waals surface area contributed by atoms with E-state index in [4.69, 9.17) is 14.2 Å². The van der Waals surface area contributed by atoms with Gasteiger partial charge in [0.1, 0.15) is 19.8 Å². The van der Waals surface area contributed by atoms with Crippen molar-refractivity contribution in [2.24, 2.45) is 0 Å². The van der Waals surface area contributed by atoms with Crippen molar-refractivity contribution in [3.63, 3.8) is 0 Å². The summed E-state index contributed by atoms with van der Waals surface area (Å²) in [5, 5.41) is 3.32. The van der Waals surface area contributed by atoms with Crippen LogP contribution in [0.2, 0.25) is 0 Å². The minimum Gasteiger partial charge on any atom is -0.488 e. The second kappa shape index (κ2) is 11.3. The SMILES string of the molecule is CCCc1ccc(S(=O)(=O)Nc2cccc(CNCCOc3cccc4c3OCCO4)c2)cc1. The molecular formula is C26H30N2O5S. The third-order valence-corrected chi connectivity index (χ3v) is 6.74. The van der Waals surface area contributed by atoms with Gasteiger partial charge in [0.05, 0.1) is 4.90 Å².